The highest BCUT2D eigenvalue weighted by molar-refractivity contribution is 4.81. The van der Waals surface area contributed by atoms with Crippen LogP contribution in [0.25, 0.3) is 0 Å². The quantitative estimate of drug-likeness (QED) is 0.556. The summed E-state index contributed by atoms with van der Waals surface area (Å²) in [5, 5.41) is 0. The predicted octanol–water partition coefficient (Wildman–Crippen LogP) is 2.77. The molecule has 11 heavy (non-hydrogen) atoms. The summed E-state index contributed by atoms with van der Waals surface area (Å²) in [6, 6.07) is 0. The van der Waals surface area contributed by atoms with E-state index < -0.39 is 0 Å². The molecule has 1 heteroatoms. The van der Waals surface area contributed by atoms with Crippen molar-refractivity contribution >= 4 is 0 Å². The van der Waals surface area contributed by atoms with Crippen LogP contribution in [0.3, 0.4) is 0 Å². The molecule has 1 aliphatic heterocycles. The van der Waals surface area contributed by atoms with E-state index in [9.17, 15) is 0 Å². The van der Waals surface area contributed by atoms with Crippen LogP contribution in [0, 0.1) is 5.92 Å². The minimum atomic E-state index is 0.123. The Labute approximate surface area is 69.4 Å². The molecule has 0 aromatic heterocycles. The molecule has 0 amide bonds. The van der Waals surface area contributed by atoms with Crippen molar-refractivity contribution < 1.29 is 4.74 Å². The second-order valence-corrected chi connectivity index (χ2v) is 4.00. The van der Waals surface area contributed by atoms with Crippen molar-refractivity contribution in [2.45, 2.75) is 38.7 Å². The molecule has 0 N–H and O–H groups in total. The molecule has 1 nitrogen and oxygen atoms in total. The molecular formula is C10H18O. The normalized spacial score (nSPS) is 29.8. The van der Waals surface area contributed by atoms with Gasteiger partial charge < -0.3 is 4.74 Å². The molecule has 0 saturated carbocycles. The van der Waals surface area contributed by atoms with Gasteiger partial charge in [0.25, 0.3) is 0 Å². The maximum absolute atomic E-state index is 5.68. The maximum Gasteiger partial charge on any atom is 0.0626 e. The van der Waals surface area contributed by atoms with Crippen LogP contribution in [0.15, 0.2) is 12.7 Å². The third-order valence-corrected chi connectivity index (χ3v) is 2.36. The first-order valence-electron chi connectivity index (χ1n) is 4.39. The maximum atomic E-state index is 5.68. The zero-order valence-electron chi connectivity index (χ0n) is 7.60. The van der Waals surface area contributed by atoms with Gasteiger partial charge in [-0.05, 0) is 39.0 Å². The largest absolute Gasteiger partial charge is 0.375 e. The average Bonchev–Trinajstić information content (AvgIpc) is 1.94. The summed E-state index contributed by atoms with van der Waals surface area (Å²) >= 11 is 0. The van der Waals surface area contributed by atoms with E-state index in [4.69, 9.17) is 4.74 Å². The molecule has 1 saturated heterocycles. The number of hydrogen-bond donors (Lipinski definition) is 0. The molecule has 0 bridgehead atoms. The van der Waals surface area contributed by atoms with Gasteiger partial charge in [0.1, 0.15) is 0 Å². The van der Waals surface area contributed by atoms with Gasteiger partial charge in [0.05, 0.1) is 12.2 Å². The lowest BCUT2D eigenvalue weighted by Gasteiger charge is -2.34. The fraction of sp³-hybridized carbons (Fsp3) is 0.800. The minimum absolute atomic E-state index is 0.123. The van der Waals surface area contributed by atoms with E-state index in [1.165, 1.54) is 12.8 Å². The van der Waals surface area contributed by atoms with Gasteiger partial charge in [-0.15, -0.1) is 6.58 Å². The van der Waals surface area contributed by atoms with Crippen LogP contribution >= 0.6 is 0 Å². The van der Waals surface area contributed by atoms with E-state index in [1.807, 2.05) is 6.08 Å². The highest BCUT2D eigenvalue weighted by Gasteiger charge is 2.26. The highest BCUT2D eigenvalue weighted by Crippen LogP contribution is 2.28. The van der Waals surface area contributed by atoms with E-state index >= 15 is 0 Å². The van der Waals surface area contributed by atoms with Crippen molar-refractivity contribution in [3.63, 3.8) is 0 Å². The molecule has 1 rings (SSSR count). The van der Waals surface area contributed by atoms with Crippen LogP contribution in [0.2, 0.25) is 0 Å². The Bertz CT molecular complexity index is 128. The predicted molar refractivity (Wildman–Crippen MR) is 47.6 cm³/mol. The van der Waals surface area contributed by atoms with Crippen LogP contribution in [0.4, 0.5) is 0 Å². The topological polar surface area (TPSA) is 9.23 Å². The van der Waals surface area contributed by atoms with Crippen LogP contribution in [-0.2, 0) is 4.74 Å². The Morgan fingerprint density at radius 1 is 1.64 bits per heavy atom. The summed E-state index contributed by atoms with van der Waals surface area (Å²) in [5.74, 6) is 0.723. The molecule has 64 valence electrons. The summed E-state index contributed by atoms with van der Waals surface area (Å²) in [6.07, 6.45) is 5.58. The standard InChI is InChI=1S/C10H18O/c1-4-5-9-6-7-10(2,3)11-8-9/h4,9H,1,5-8H2,2-3H3. The molecule has 0 radical (unpaired) electrons. The fourth-order valence-electron chi connectivity index (χ4n) is 1.47. The van der Waals surface area contributed by atoms with Crippen LogP contribution in [0.1, 0.15) is 33.1 Å². The lowest BCUT2D eigenvalue weighted by molar-refractivity contribution is -0.0757. The number of hydrogen-bond acceptors (Lipinski definition) is 1. The molecule has 0 aromatic rings. The molecule has 0 spiro atoms. The van der Waals surface area contributed by atoms with Gasteiger partial charge in [-0.2, -0.15) is 0 Å². The summed E-state index contributed by atoms with van der Waals surface area (Å²) in [4.78, 5) is 0. The van der Waals surface area contributed by atoms with E-state index in [-0.39, 0.29) is 5.60 Å². The second kappa shape index (κ2) is 3.40. The van der Waals surface area contributed by atoms with Crippen molar-refractivity contribution in [2.75, 3.05) is 6.61 Å². The van der Waals surface area contributed by atoms with Gasteiger partial charge in [0.15, 0.2) is 0 Å². The van der Waals surface area contributed by atoms with Crippen molar-refractivity contribution in [1.29, 1.82) is 0 Å². The van der Waals surface area contributed by atoms with Crippen molar-refractivity contribution in [3.05, 3.63) is 12.7 Å². The third kappa shape index (κ3) is 2.66. The first-order chi connectivity index (χ1) is 5.14. The average molecular weight is 154 g/mol. The first kappa shape index (κ1) is 8.79. The van der Waals surface area contributed by atoms with Crippen LogP contribution < -0.4 is 0 Å². The summed E-state index contributed by atoms with van der Waals surface area (Å²) in [5.41, 5.74) is 0.123. The highest BCUT2D eigenvalue weighted by atomic mass is 16.5. The first-order valence-corrected chi connectivity index (χ1v) is 4.39. The lowest BCUT2D eigenvalue weighted by atomic mass is 9.90. The minimum Gasteiger partial charge on any atom is -0.375 e. The zero-order chi connectivity index (χ0) is 8.32. The SMILES string of the molecule is C=CCC1CCC(C)(C)OC1. The Morgan fingerprint density at radius 2 is 2.36 bits per heavy atom. The molecule has 0 aliphatic carbocycles. The monoisotopic (exact) mass is 154 g/mol. The van der Waals surface area contributed by atoms with E-state index in [0.717, 1.165) is 18.9 Å². The van der Waals surface area contributed by atoms with Gasteiger partial charge in [-0.3, -0.25) is 0 Å². The molecule has 1 aliphatic rings. The molecule has 1 fully saturated rings. The van der Waals surface area contributed by atoms with Crippen molar-refractivity contribution in [2.24, 2.45) is 5.92 Å². The van der Waals surface area contributed by atoms with Gasteiger partial charge in [-0.25, -0.2) is 0 Å². The molecular weight excluding hydrogens is 136 g/mol. The van der Waals surface area contributed by atoms with Crippen molar-refractivity contribution in [3.8, 4) is 0 Å². The molecule has 1 heterocycles. The summed E-state index contributed by atoms with van der Waals surface area (Å²) < 4.78 is 5.68. The second-order valence-electron chi connectivity index (χ2n) is 4.00. The van der Waals surface area contributed by atoms with Crippen LogP contribution in [0.5, 0.6) is 0 Å². The van der Waals surface area contributed by atoms with Gasteiger partial charge in [-0.1, -0.05) is 6.08 Å². The third-order valence-electron chi connectivity index (χ3n) is 2.36. The zero-order valence-corrected chi connectivity index (χ0v) is 7.60. The van der Waals surface area contributed by atoms with E-state index in [1.54, 1.807) is 0 Å². The Morgan fingerprint density at radius 3 is 2.82 bits per heavy atom. The van der Waals surface area contributed by atoms with E-state index in [2.05, 4.69) is 20.4 Å². The Kier molecular flexibility index (Phi) is 2.72. The summed E-state index contributed by atoms with van der Waals surface area (Å²) in [7, 11) is 0. The number of allylic oxidation sites excluding steroid dienone is 1. The summed E-state index contributed by atoms with van der Waals surface area (Å²) in [6.45, 7) is 8.98. The van der Waals surface area contributed by atoms with Gasteiger partial charge >= 0.3 is 0 Å². The van der Waals surface area contributed by atoms with Gasteiger partial charge in [0, 0.05) is 0 Å². The van der Waals surface area contributed by atoms with Gasteiger partial charge in [0.2, 0.25) is 0 Å². The number of rotatable bonds is 2. The smallest absolute Gasteiger partial charge is 0.0626 e. The lowest BCUT2D eigenvalue weighted by Crippen LogP contribution is -2.33. The Balaban J connectivity index is 2.30. The molecule has 0 aromatic carbocycles. The van der Waals surface area contributed by atoms with E-state index in [0.29, 0.717) is 0 Å². The fourth-order valence-corrected chi connectivity index (χ4v) is 1.47. The number of ether oxygens (including phenoxy) is 1. The van der Waals surface area contributed by atoms with Crippen molar-refractivity contribution in [1.82, 2.24) is 0 Å². The molecule has 1 unspecified atom stereocenters. The van der Waals surface area contributed by atoms with Crippen LogP contribution in [-0.4, -0.2) is 12.2 Å². The molecule has 1 atom stereocenters. The Hall–Kier alpha value is -0.300.